The number of hydrogen-bond acceptors (Lipinski definition) is 2. The van der Waals surface area contributed by atoms with E-state index in [1.165, 1.54) is 0 Å². The number of aromatic amines is 1. The van der Waals surface area contributed by atoms with Crippen LogP contribution in [0.1, 0.15) is 16.1 Å². The molecule has 22 heavy (non-hydrogen) atoms. The molecule has 0 spiro atoms. The summed E-state index contributed by atoms with van der Waals surface area (Å²) in [6.45, 7) is 1.93. The minimum Gasteiger partial charge on any atom is -0.478 e. The molecule has 0 radical (unpaired) electrons. The van der Waals surface area contributed by atoms with Crippen LogP contribution < -0.4 is 10.3 Å². The Balaban J connectivity index is 2.16. The molecule has 0 aliphatic rings. The molecule has 3 aromatic rings. The molecule has 3 N–H and O–H groups in total. The molecule has 1 heterocycles. The molecular formula is C17H14ClN2O2+. The zero-order valence-electron chi connectivity index (χ0n) is 11.9. The van der Waals surface area contributed by atoms with E-state index >= 15 is 0 Å². The molecule has 2 aromatic carbocycles. The zero-order chi connectivity index (χ0) is 15.7. The predicted molar refractivity (Wildman–Crippen MR) is 86.9 cm³/mol. The summed E-state index contributed by atoms with van der Waals surface area (Å²) in [4.78, 5) is 14.6. The monoisotopic (exact) mass is 313 g/mol. The lowest BCUT2D eigenvalue weighted by Gasteiger charge is -2.11. The highest BCUT2D eigenvalue weighted by atomic mass is 35.5. The van der Waals surface area contributed by atoms with Gasteiger partial charge in [0.2, 0.25) is 5.52 Å². The Morgan fingerprint density at radius 2 is 1.91 bits per heavy atom. The van der Waals surface area contributed by atoms with Gasteiger partial charge in [-0.3, -0.25) is 0 Å². The van der Waals surface area contributed by atoms with Crippen molar-refractivity contribution >= 4 is 39.8 Å². The summed E-state index contributed by atoms with van der Waals surface area (Å²) in [7, 11) is 0. The molecule has 0 aliphatic carbocycles. The Kier molecular flexibility index (Phi) is 3.69. The molecule has 110 valence electrons. The zero-order valence-corrected chi connectivity index (χ0v) is 12.6. The van der Waals surface area contributed by atoms with Gasteiger partial charge in [0.1, 0.15) is 5.02 Å². The molecule has 0 fully saturated rings. The highest BCUT2D eigenvalue weighted by Crippen LogP contribution is 2.29. The van der Waals surface area contributed by atoms with Crippen molar-refractivity contribution < 1.29 is 14.9 Å². The van der Waals surface area contributed by atoms with Crippen molar-refractivity contribution in [1.82, 2.24) is 0 Å². The van der Waals surface area contributed by atoms with E-state index in [0.717, 1.165) is 22.3 Å². The third kappa shape index (κ3) is 2.61. The van der Waals surface area contributed by atoms with Gasteiger partial charge in [-0.15, -0.1) is 0 Å². The van der Waals surface area contributed by atoms with Crippen LogP contribution in [0.15, 0.2) is 48.5 Å². The average molecular weight is 314 g/mol. The third-order valence-corrected chi connectivity index (χ3v) is 3.73. The van der Waals surface area contributed by atoms with Gasteiger partial charge in [0.25, 0.3) is 0 Å². The molecule has 0 aliphatic heterocycles. The van der Waals surface area contributed by atoms with E-state index in [4.69, 9.17) is 11.6 Å². The first kappa shape index (κ1) is 14.4. The van der Waals surface area contributed by atoms with Crippen molar-refractivity contribution in [3.05, 3.63) is 64.8 Å². The van der Waals surface area contributed by atoms with Crippen LogP contribution in [0, 0.1) is 6.92 Å². The number of carboxylic acids is 1. The van der Waals surface area contributed by atoms with Crippen LogP contribution in [-0.4, -0.2) is 11.1 Å². The number of para-hydroxylation sites is 2. The Morgan fingerprint density at radius 3 is 2.68 bits per heavy atom. The van der Waals surface area contributed by atoms with E-state index in [0.29, 0.717) is 10.7 Å². The van der Waals surface area contributed by atoms with Crippen LogP contribution in [0.4, 0.5) is 11.4 Å². The molecule has 0 atom stereocenters. The van der Waals surface area contributed by atoms with Crippen LogP contribution in [0.2, 0.25) is 5.02 Å². The summed E-state index contributed by atoms with van der Waals surface area (Å²) in [6, 6.07) is 14.4. The summed E-state index contributed by atoms with van der Waals surface area (Å²) in [5.74, 6) is -0.968. The number of nitrogens with one attached hydrogen (secondary N) is 2. The van der Waals surface area contributed by atoms with Gasteiger partial charge in [-0.2, -0.15) is 0 Å². The molecular weight excluding hydrogens is 300 g/mol. The first-order valence-corrected chi connectivity index (χ1v) is 7.14. The number of hydrogen-bond donors (Lipinski definition) is 2. The number of anilines is 2. The second-order valence-corrected chi connectivity index (χ2v) is 5.41. The Morgan fingerprint density at radius 1 is 1.14 bits per heavy atom. The summed E-state index contributed by atoms with van der Waals surface area (Å²) in [5.41, 5.74) is 3.32. The van der Waals surface area contributed by atoms with Crippen molar-refractivity contribution in [2.24, 2.45) is 0 Å². The molecule has 0 unspecified atom stereocenters. The average Bonchev–Trinajstić information content (AvgIpc) is 2.49. The van der Waals surface area contributed by atoms with Crippen LogP contribution in [0.25, 0.3) is 10.9 Å². The fourth-order valence-corrected chi connectivity index (χ4v) is 2.65. The first-order chi connectivity index (χ1) is 10.6. The third-order valence-electron chi connectivity index (χ3n) is 3.41. The maximum absolute atomic E-state index is 11.3. The van der Waals surface area contributed by atoms with E-state index in [1.54, 1.807) is 24.3 Å². The topological polar surface area (TPSA) is 63.5 Å². The largest absolute Gasteiger partial charge is 0.478 e. The maximum Gasteiger partial charge on any atom is 0.337 e. The van der Waals surface area contributed by atoms with Crippen LogP contribution in [-0.2, 0) is 0 Å². The number of carboxylic acid groups (broad SMARTS) is 1. The Labute approximate surface area is 132 Å². The van der Waals surface area contributed by atoms with Gasteiger partial charge in [0.05, 0.1) is 22.3 Å². The highest BCUT2D eigenvalue weighted by Gasteiger charge is 2.15. The molecule has 0 saturated carbocycles. The van der Waals surface area contributed by atoms with Crippen molar-refractivity contribution in [1.29, 1.82) is 0 Å². The minimum absolute atomic E-state index is 0.225. The van der Waals surface area contributed by atoms with E-state index in [1.807, 2.05) is 31.2 Å². The molecule has 5 heteroatoms. The normalized spacial score (nSPS) is 10.6. The number of aryl methyl sites for hydroxylation is 1. The Bertz CT molecular complexity index is 878. The molecule has 0 amide bonds. The molecule has 3 rings (SSSR count). The molecule has 4 nitrogen and oxygen atoms in total. The summed E-state index contributed by atoms with van der Waals surface area (Å²) in [5, 5.41) is 14.0. The van der Waals surface area contributed by atoms with Crippen molar-refractivity contribution in [2.75, 3.05) is 5.32 Å². The quantitative estimate of drug-likeness (QED) is 0.766. The lowest BCUT2D eigenvalue weighted by molar-refractivity contribution is -0.354. The predicted octanol–water partition coefficient (Wildman–Crippen LogP) is 4.06. The number of carbonyl (C=O) groups is 1. The fraction of sp³-hybridized carbons (Fsp3) is 0.0588. The number of fused-ring (bicyclic) bond motifs is 1. The number of benzene rings is 2. The maximum atomic E-state index is 11.3. The Hall–Kier alpha value is -2.59. The van der Waals surface area contributed by atoms with Crippen LogP contribution in [0.5, 0.6) is 0 Å². The van der Waals surface area contributed by atoms with Crippen molar-refractivity contribution in [2.45, 2.75) is 6.92 Å². The number of pyridine rings is 1. The van der Waals surface area contributed by atoms with Crippen LogP contribution in [0.3, 0.4) is 0 Å². The van der Waals surface area contributed by atoms with Gasteiger partial charge >= 0.3 is 5.97 Å². The SMILES string of the molecule is Cc1cc(Nc2ccccc2C(=O)O)c2cccc(Cl)c2[nH+]1. The van der Waals surface area contributed by atoms with Crippen molar-refractivity contribution in [3.63, 3.8) is 0 Å². The van der Waals surface area contributed by atoms with Gasteiger partial charge < -0.3 is 10.4 Å². The fourth-order valence-electron chi connectivity index (χ4n) is 2.43. The smallest absolute Gasteiger partial charge is 0.337 e. The lowest BCUT2D eigenvalue weighted by Crippen LogP contribution is -2.11. The second-order valence-electron chi connectivity index (χ2n) is 5.00. The van der Waals surface area contributed by atoms with Crippen LogP contribution >= 0.6 is 11.6 Å². The van der Waals surface area contributed by atoms with Gasteiger partial charge in [-0.25, -0.2) is 9.78 Å². The standard InChI is InChI=1S/C17H13ClN2O2/c1-10-9-15(11-6-4-7-13(18)16(11)19-10)20-14-8-3-2-5-12(14)17(21)22/h2-9H,1H3,(H,19,20)(H,21,22)/p+1. The van der Waals surface area contributed by atoms with Crippen molar-refractivity contribution in [3.8, 4) is 0 Å². The highest BCUT2D eigenvalue weighted by molar-refractivity contribution is 6.35. The van der Waals surface area contributed by atoms with Gasteiger partial charge in [0.15, 0.2) is 5.69 Å². The number of H-pyrrole nitrogens is 1. The second kappa shape index (κ2) is 5.66. The molecule has 0 saturated heterocycles. The van der Waals surface area contributed by atoms with Gasteiger partial charge in [0, 0.05) is 13.0 Å². The van der Waals surface area contributed by atoms with E-state index in [-0.39, 0.29) is 5.56 Å². The van der Waals surface area contributed by atoms with Gasteiger partial charge in [-0.1, -0.05) is 29.8 Å². The first-order valence-electron chi connectivity index (χ1n) is 6.77. The summed E-state index contributed by atoms with van der Waals surface area (Å²) in [6.07, 6.45) is 0. The number of rotatable bonds is 3. The number of aromatic nitrogens is 1. The van der Waals surface area contributed by atoms with E-state index in [2.05, 4.69) is 10.3 Å². The minimum atomic E-state index is -0.968. The molecule has 1 aromatic heterocycles. The lowest BCUT2D eigenvalue weighted by atomic mass is 10.1. The summed E-state index contributed by atoms with van der Waals surface area (Å²) < 4.78 is 0. The summed E-state index contributed by atoms with van der Waals surface area (Å²) >= 11 is 6.23. The molecule has 0 bridgehead atoms. The van der Waals surface area contributed by atoms with Gasteiger partial charge in [-0.05, 0) is 24.3 Å². The van der Waals surface area contributed by atoms with E-state index in [9.17, 15) is 9.90 Å². The number of halogens is 1. The number of aromatic carboxylic acids is 1. The van der Waals surface area contributed by atoms with E-state index < -0.39 is 5.97 Å².